The molecule has 2 aromatic heterocycles. The average molecular weight is 447 g/mol. The third kappa shape index (κ3) is 5.28. The van der Waals surface area contributed by atoms with Crippen molar-refractivity contribution >= 4 is 34.8 Å². The molecule has 2 amide bonds. The van der Waals surface area contributed by atoms with Crippen LogP contribution in [0.2, 0.25) is 0 Å². The fraction of sp³-hybridized carbons (Fsp3) is 0.125. The number of anilines is 2. The maximum atomic E-state index is 12.3. The third-order valence-corrected chi connectivity index (χ3v) is 5.41. The zero-order valence-electron chi connectivity index (χ0n) is 17.7. The molecule has 0 aliphatic carbocycles. The summed E-state index contributed by atoms with van der Waals surface area (Å²) in [5, 5.41) is 5.62. The van der Waals surface area contributed by atoms with E-state index in [0.29, 0.717) is 28.5 Å². The van der Waals surface area contributed by atoms with E-state index >= 15 is 0 Å². The number of benzene rings is 2. The highest BCUT2D eigenvalue weighted by molar-refractivity contribution is 7.98. The van der Waals surface area contributed by atoms with Crippen molar-refractivity contribution in [3.8, 4) is 5.75 Å². The molecule has 0 aliphatic rings. The Kier molecular flexibility index (Phi) is 6.42. The number of urea groups is 1. The van der Waals surface area contributed by atoms with Gasteiger partial charge in [0, 0.05) is 34.6 Å². The topological polar surface area (TPSA) is 84.7 Å². The van der Waals surface area contributed by atoms with Crippen LogP contribution in [0.25, 0.3) is 5.65 Å². The van der Waals surface area contributed by atoms with Crippen LogP contribution in [-0.4, -0.2) is 21.7 Å². The maximum absolute atomic E-state index is 12.3. The minimum Gasteiger partial charge on any atom is -0.487 e. The van der Waals surface area contributed by atoms with Crippen LogP contribution in [0.4, 0.5) is 16.2 Å². The Hall–Kier alpha value is -3.78. The smallest absolute Gasteiger partial charge is 0.323 e. The first-order valence-electron chi connectivity index (χ1n) is 9.94. The van der Waals surface area contributed by atoms with E-state index in [2.05, 4.69) is 15.6 Å². The van der Waals surface area contributed by atoms with Crippen LogP contribution in [0, 0.1) is 6.92 Å². The summed E-state index contributed by atoms with van der Waals surface area (Å²) in [6, 6.07) is 19.5. The molecule has 0 saturated heterocycles. The van der Waals surface area contributed by atoms with E-state index in [-0.39, 0.29) is 18.2 Å². The van der Waals surface area contributed by atoms with Crippen LogP contribution in [0.15, 0.2) is 82.6 Å². The van der Waals surface area contributed by atoms with Crippen molar-refractivity contribution in [2.75, 3.05) is 16.9 Å². The summed E-state index contributed by atoms with van der Waals surface area (Å²) in [7, 11) is 0. The lowest BCUT2D eigenvalue weighted by Crippen LogP contribution is -2.19. The van der Waals surface area contributed by atoms with Crippen molar-refractivity contribution in [2.45, 2.75) is 18.4 Å². The van der Waals surface area contributed by atoms with Crippen molar-refractivity contribution in [1.82, 2.24) is 9.38 Å². The molecule has 2 heterocycles. The molecule has 0 unspecified atom stereocenters. The maximum Gasteiger partial charge on any atom is 0.323 e. The Bertz CT molecular complexity index is 1340. The second kappa shape index (κ2) is 9.57. The van der Waals surface area contributed by atoms with Gasteiger partial charge in [0.1, 0.15) is 18.0 Å². The van der Waals surface area contributed by atoms with Gasteiger partial charge in [-0.15, -0.1) is 11.8 Å². The lowest BCUT2D eigenvalue weighted by molar-refractivity contribution is 0.262. The Morgan fingerprint density at radius 2 is 1.78 bits per heavy atom. The fourth-order valence-electron chi connectivity index (χ4n) is 3.14. The van der Waals surface area contributed by atoms with Crippen LogP contribution in [0.5, 0.6) is 5.75 Å². The molecule has 0 radical (unpaired) electrons. The van der Waals surface area contributed by atoms with Crippen LogP contribution in [0.3, 0.4) is 0 Å². The summed E-state index contributed by atoms with van der Waals surface area (Å²) >= 11 is 1.61. The van der Waals surface area contributed by atoms with Crippen molar-refractivity contribution in [3.05, 3.63) is 94.5 Å². The van der Waals surface area contributed by atoms with Crippen LogP contribution >= 0.6 is 11.8 Å². The first-order chi connectivity index (χ1) is 15.5. The van der Waals surface area contributed by atoms with E-state index in [1.54, 1.807) is 42.2 Å². The van der Waals surface area contributed by atoms with Crippen LogP contribution in [0.1, 0.15) is 11.3 Å². The number of carbonyl (C=O) groups is 1. The highest BCUT2D eigenvalue weighted by atomic mass is 32.2. The van der Waals surface area contributed by atoms with Gasteiger partial charge in [0.2, 0.25) is 0 Å². The Morgan fingerprint density at radius 3 is 2.56 bits per heavy atom. The molecule has 4 aromatic rings. The molecule has 0 aliphatic heterocycles. The summed E-state index contributed by atoms with van der Waals surface area (Å²) in [6.45, 7) is 2.08. The van der Waals surface area contributed by atoms with Gasteiger partial charge in [-0.1, -0.05) is 12.1 Å². The first-order valence-corrected chi connectivity index (χ1v) is 11.2. The molecule has 8 heteroatoms. The molecule has 0 bridgehead atoms. The second-order valence-electron chi connectivity index (χ2n) is 7.15. The van der Waals surface area contributed by atoms with Crippen molar-refractivity contribution in [3.63, 3.8) is 0 Å². The number of hydrogen-bond acceptors (Lipinski definition) is 5. The Morgan fingerprint density at radius 1 is 1.03 bits per heavy atom. The van der Waals surface area contributed by atoms with Gasteiger partial charge in [-0.2, -0.15) is 0 Å². The van der Waals surface area contributed by atoms with E-state index in [4.69, 9.17) is 4.74 Å². The number of aryl methyl sites for hydroxylation is 1. The summed E-state index contributed by atoms with van der Waals surface area (Å²) in [5.41, 5.74) is 3.27. The molecule has 0 fully saturated rings. The number of fused-ring (bicyclic) bond motifs is 1. The van der Waals surface area contributed by atoms with Crippen molar-refractivity contribution in [1.29, 1.82) is 0 Å². The highest BCUT2D eigenvalue weighted by Gasteiger charge is 2.07. The third-order valence-electron chi connectivity index (χ3n) is 4.68. The number of nitrogens with zero attached hydrogens (tertiary/aromatic N) is 2. The number of rotatable bonds is 6. The van der Waals surface area contributed by atoms with Gasteiger partial charge in [-0.3, -0.25) is 9.20 Å². The zero-order valence-corrected chi connectivity index (χ0v) is 18.5. The fourth-order valence-corrected chi connectivity index (χ4v) is 3.60. The number of carbonyl (C=O) groups excluding carboxylic acids is 1. The molecule has 4 rings (SSSR count). The predicted molar refractivity (Wildman–Crippen MR) is 128 cm³/mol. The molecule has 0 spiro atoms. The molecule has 2 N–H and O–H groups in total. The monoisotopic (exact) mass is 446 g/mol. The number of nitrogens with one attached hydrogen (secondary N) is 2. The number of thioether (sulfide) groups is 1. The molecule has 0 atom stereocenters. The van der Waals surface area contributed by atoms with Crippen molar-refractivity contribution in [2.24, 2.45) is 0 Å². The summed E-state index contributed by atoms with van der Waals surface area (Å²) < 4.78 is 7.31. The van der Waals surface area contributed by atoms with E-state index < -0.39 is 0 Å². The summed E-state index contributed by atoms with van der Waals surface area (Å²) in [5.74, 6) is 0.554. The second-order valence-corrected chi connectivity index (χ2v) is 8.03. The average Bonchev–Trinajstić information content (AvgIpc) is 2.77. The molecule has 0 saturated carbocycles. The van der Waals surface area contributed by atoms with Gasteiger partial charge in [-0.05, 0) is 61.2 Å². The van der Waals surface area contributed by atoms with Gasteiger partial charge in [0.15, 0.2) is 0 Å². The lowest BCUT2D eigenvalue weighted by Gasteiger charge is -2.11. The minimum absolute atomic E-state index is 0.136. The normalized spacial score (nSPS) is 10.7. The van der Waals surface area contributed by atoms with Gasteiger partial charge < -0.3 is 15.4 Å². The van der Waals surface area contributed by atoms with Gasteiger partial charge in [-0.25, -0.2) is 9.78 Å². The lowest BCUT2D eigenvalue weighted by atomic mass is 10.3. The van der Waals surface area contributed by atoms with E-state index in [0.717, 1.165) is 10.5 Å². The number of ether oxygens (including phenoxy) is 1. The van der Waals surface area contributed by atoms with Gasteiger partial charge in [0.25, 0.3) is 5.56 Å². The highest BCUT2D eigenvalue weighted by Crippen LogP contribution is 2.21. The van der Waals surface area contributed by atoms with Gasteiger partial charge >= 0.3 is 6.03 Å². The van der Waals surface area contributed by atoms with Crippen LogP contribution < -0.4 is 20.9 Å². The molecule has 162 valence electrons. The molecule has 2 aromatic carbocycles. The standard InChI is InChI=1S/C24H22N4O3S/c1-16-9-10-28-22(11-16)25-19(14-23(28)29)15-31-20-7-3-5-17(12-20)26-24(30)27-18-6-4-8-21(13-18)32-2/h3-14H,15H2,1-2H3,(H2,26,27,30). The molecular formula is C24H22N4O3S. The first kappa shape index (κ1) is 21.5. The number of amides is 2. The number of hydrogen-bond donors (Lipinski definition) is 2. The molecule has 32 heavy (non-hydrogen) atoms. The predicted octanol–water partition coefficient (Wildman–Crippen LogP) is 4.95. The van der Waals surface area contributed by atoms with E-state index in [9.17, 15) is 9.59 Å². The molecular weight excluding hydrogens is 424 g/mol. The summed E-state index contributed by atoms with van der Waals surface area (Å²) in [6.07, 6.45) is 3.69. The van der Waals surface area contributed by atoms with Gasteiger partial charge in [0.05, 0.1) is 5.69 Å². The van der Waals surface area contributed by atoms with E-state index in [1.165, 1.54) is 10.5 Å². The SMILES string of the molecule is CSc1cccc(NC(=O)Nc2cccc(OCc3cc(=O)n4ccc(C)cc4n3)c2)c1. The zero-order chi connectivity index (χ0) is 22.5. The van der Waals surface area contributed by atoms with Crippen molar-refractivity contribution < 1.29 is 9.53 Å². The Labute approximate surface area is 189 Å². The largest absolute Gasteiger partial charge is 0.487 e. The van der Waals surface area contributed by atoms with E-state index in [1.807, 2.05) is 49.6 Å². The number of pyridine rings is 1. The quantitative estimate of drug-likeness (QED) is 0.410. The van der Waals surface area contributed by atoms with Crippen LogP contribution in [-0.2, 0) is 6.61 Å². The Balaban J connectivity index is 1.41. The minimum atomic E-state index is -0.347. The number of aromatic nitrogens is 2. The summed E-state index contributed by atoms with van der Waals surface area (Å²) in [4.78, 5) is 30.2. The molecule has 7 nitrogen and oxygen atoms in total.